The topological polar surface area (TPSA) is 83.4 Å². The van der Waals surface area contributed by atoms with E-state index in [0.29, 0.717) is 25.2 Å². The first kappa shape index (κ1) is 18.9. The minimum Gasteiger partial charge on any atom is -0.342 e. The second kappa shape index (κ2) is 8.20. The van der Waals surface area contributed by atoms with Gasteiger partial charge in [-0.1, -0.05) is 25.8 Å². The number of aryl methyl sites for hydroxylation is 1. The monoisotopic (exact) mass is 370 g/mol. The molecule has 0 spiro atoms. The van der Waals surface area contributed by atoms with E-state index in [0.717, 1.165) is 24.1 Å². The molecular weight excluding hydrogens is 344 g/mol. The van der Waals surface area contributed by atoms with E-state index in [1.54, 1.807) is 34.1 Å². The van der Waals surface area contributed by atoms with Gasteiger partial charge >= 0.3 is 6.03 Å². The Morgan fingerprint density at radius 2 is 2.00 bits per heavy atom. The van der Waals surface area contributed by atoms with Crippen molar-refractivity contribution in [3.8, 4) is 5.69 Å². The maximum atomic E-state index is 13.0. The van der Waals surface area contributed by atoms with Crippen LogP contribution in [0.3, 0.4) is 0 Å². The number of unbranched alkanes of at least 4 members (excludes halogenated alkanes) is 1. The summed E-state index contributed by atoms with van der Waals surface area (Å²) in [6, 6.07) is 5.13. The van der Waals surface area contributed by atoms with Crippen molar-refractivity contribution < 1.29 is 9.59 Å². The molecule has 1 aliphatic rings. The molecule has 0 unspecified atom stereocenters. The van der Waals surface area contributed by atoms with Crippen LogP contribution in [0.1, 0.15) is 31.7 Å². The lowest BCUT2D eigenvalue weighted by Crippen LogP contribution is -2.58. The van der Waals surface area contributed by atoms with Gasteiger partial charge in [0, 0.05) is 25.8 Å². The zero-order valence-corrected chi connectivity index (χ0v) is 16.1. The summed E-state index contributed by atoms with van der Waals surface area (Å²) in [6.45, 7) is 5.11. The zero-order chi connectivity index (χ0) is 19.4. The van der Waals surface area contributed by atoms with Gasteiger partial charge in [-0.2, -0.15) is 0 Å². The third kappa shape index (κ3) is 4.10. The number of hydrogen-bond donors (Lipinski definition) is 1. The number of nitrogens with zero attached hydrogens (tertiary/aromatic N) is 5. The van der Waals surface area contributed by atoms with Gasteiger partial charge < -0.3 is 15.1 Å². The second-order valence-electron chi connectivity index (χ2n) is 6.91. The highest BCUT2D eigenvalue weighted by Crippen LogP contribution is 2.22. The van der Waals surface area contributed by atoms with Crippen LogP contribution in [0.15, 0.2) is 30.9 Å². The standard InChI is InChI=1S/C19H26N6O2/c1-4-5-6-17-18(26)23(3)9-10-25(17)19(27)22-16-11-15(8-7-14(16)2)24-12-20-21-13-24/h7-8,11-13,17H,4-6,9-10H2,1-3H3,(H,22,27)/t17-/m1/s1. The highest BCUT2D eigenvalue weighted by molar-refractivity contribution is 5.95. The number of likely N-dealkylation sites (N-methyl/N-ethyl adjacent to an activating group) is 1. The quantitative estimate of drug-likeness (QED) is 0.876. The molecule has 0 radical (unpaired) electrons. The average Bonchev–Trinajstić information content (AvgIpc) is 3.19. The van der Waals surface area contributed by atoms with E-state index in [-0.39, 0.29) is 11.9 Å². The van der Waals surface area contributed by atoms with E-state index in [2.05, 4.69) is 22.4 Å². The molecule has 8 heteroatoms. The fourth-order valence-electron chi connectivity index (χ4n) is 3.26. The van der Waals surface area contributed by atoms with E-state index >= 15 is 0 Å². The number of urea groups is 1. The minimum absolute atomic E-state index is 0.0137. The summed E-state index contributed by atoms with van der Waals surface area (Å²) in [5, 5.41) is 10.6. The fourth-order valence-corrected chi connectivity index (χ4v) is 3.26. The van der Waals surface area contributed by atoms with Gasteiger partial charge in [0.2, 0.25) is 5.91 Å². The Bertz CT molecular complexity index is 805. The van der Waals surface area contributed by atoms with Crippen LogP contribution in [0.4, 0.5) is 10.5 Å². The molecular formula is C19H26N6O2. The predicted octanol–water partition coefficient (Wildman–Crippen LogP) is 2.44. The van der Waals surface area contributed by atoms with Gasteiger partial charge in [-0.3, -0.25) is 9.36 Å². The van der Waals surface area contributed by atoms with Crippen LogP contribution >= 0.6 is 0 Å². The molecule has 1 atom stereocenters. The Morgan fingerprint density at radius 1 is 1.26 bits per heavy atom. The predicted molar refractivity (Wildman–Crippen MR) is 103 cm³/mol. The van der Waals surface area contributed by atoms with Crippen LogP contribution in [0.5, 0.6) is 0 Å². The number of rotatable bonds is 5. The largest absolute Gasteiger partial charge is 0.342 e. The number of carbonyl (C=O) groups excluding carboxylic acids is 2. The smallest absolute Gasteiger partial charge is 0.322 e. The number of anilines is 1. The van der Waals surface area contributed by atoms with Gasteiger partial charge in [0.05, 0.1) is 5.69 Å². The van der Waals surface area contributed by atoms with Crippen molar-refractivity contribution in [2.24, 2.45) is 0 Å². The molecule has 0 aliphatic carbocycles. The third-order valence-corrected chi connectivity index (χ3v) is 4.99. The molecule has 1 aromatic carbocycles. The molecule has 2 heterocycles. The van der Waals surface area contributed by atoms with Crippen molar-refractivity contribution in [1.82, 2.24) is 24.6 Å². The lowest BCUT2D eigenvalue weighted by molar-refractivity contribution is -0.138. The average molecular weight is 370 g/mol. The Balaban J connectivity index is 1.79. The normalized spacial score (nSPS) is 17.3. The van der Waals surface area contributed by atoms with Crippen LogP contribution in [0.25, 0.3) is 5.69 Å². The first-order chi connectivity index (χ1) is 13.0. The molecule has 1 N–H and O–H groups in total. The van der Waals surface area contributed by atoms with E-state index in [1.807, 2.05) is 25.1 Å². The van der Waals surface area contributed by atoms with Gasteiger partial charge in [-0.15, -0.1) is 10.2 Å². The number of hydrogen-bond acceptors (Lipinski definition) is 4. The van der Waals surface area contributed by atoms with Crippen molar-refractivity contribution in [2.45, 2.75) is 39.2 Å². The molecule has 1 aliphatic heterocycles. The molecule has 1 saturated heterocycles. The molecule has 2 aromatic rings. The maximum absolute atomic E-state index is 13.0. The minimum atomic E-state index is -0.398. The SMILES string of the molecule is CCCC[C@@H]1C(=O)N(C)CCN1C(=O)Nc1cc(-n2cnnc2)ccc1C. The molecule has 27 heavy (non-hydrogen) atoms. The van der Waals surface area contributed by atoms with E-state index in [4.69, 9.17) is 0 Å². The number of amides is 3. The highest BCUT2D eigenvalue weighted by atomic mass is 16.2. The maximum Gasteiger partial charge on any atom is 0.322 e. The summed E-state index contributed by atoms with van der Waals surface area (Å²) in [5.74, 6) is 0.0137. The van der Waals surface area contributed by atoms with E-state index in [1.165, 1.54) is 0 Å². The van der Waals surface area contributed by atoms with Crippen molar-refractivity contribution in [2.75, 3.05) is 25.5 Å². The summed E-state index contributed by atoms with van der Waals surface area (Å²) in [4.78, 5) is 28.9. The third-order valence-electron chi connectivity index (χ3n) is 4.99. The number of nitrogens with one attached hydrogen (secondary N) is 1. The van der Waals surface area contributed by atoms with Gasteiger partial charge in [-0.25, -0.2) is 4.79 Å². The lowest BCUT2D eigenvalue weighted by Gasteiger charge is -2.39. The van der Waals surface area contributed by atoms with Crippen molar-refractivity contribution in [3.63, 3.8) is 0 Å². The van der Waals surface area contributed by atoms with E-state index < -0.39 is 6.04 Å². The van der Waals surface area contributed by atoms with Crippen LogP contribution < -0.4 is 5.32 Å². The second-order valence-corrected chi connectivity index (χ2v) is 6.91. The fraction of sp³-hybridized carbons (Fsp3) is 0.474. The molecule has 0 saturated carbocycles. The van der Waals surface area contributed by atoms with Crippen molar-refractivity contribution in [3.05, 3.63) is 36.4 Å². The Kier molecular flexibility index (Phi) is 5.73. The molecule has 0 bridgehead atoms. The van der Waals surface area contributed by atoms with Crippen LogP contribution in [-0.4, -0.2) is 62.7 Å². The zero-order valence-electron chi connectivity index (χ0n) is 16.1. The van der Waals surface area contributed by atoms with E-state index in [9.17, 15) is 9.59 Å². The number of piperazine rings is 1. The molecule has 1 aromatic heterocycles. The van der Waals surface area contributed by atoms with Gasteiger partial charge in [0.1, 0.15) is 18.7 Å². The Hall–Kier alpha value is -2.90. The number of benzene rings is 1. The molecule has 3 amide bonds. The van der Waals surface area contributed by atoms with Gasteiger partial charge in [0.15, 0.2) is 0 Å². The van der Waals surface area contributed by atoms with Gasteiger partial charge in [-0.05, 0) is 31.0 Å². The summed E-state index contributed by atoms with van der Waals surface area (Å²) in [6.07, 6.45) is 5.80. The number of aromatic nitrogens is 3. The van der Waals surface area contributed by atoms with Crippen molar-refractivity contribution >= 4 is 17.6 Å². The molecule has 8 nitrogen and oxygen atoms in total. The highest BCUT2D eigenvalue weighted by Gasteiger charge is 2.35. The van der Waals surface area contributed by atoms with Crippen LogP contribution in [-0.2, 0) is 4.79 Å². The first-order valence-electron chi connectivity index (χ1n) is 9.29. The van der Waals surface area contributed by atoms with Crippen LogP contribution in [0.2, 0.25) is 0 Å². The molecule has 3 rings (SSSR count). The summed E-state index contributed by atoms with van der Waals surface area (Å²) in [7, 11) is 1.79. The van der Waals surface area contributed by atoms with Crippen molar-refractivity contribution in [1.29, 1.82) is 0 Å². The van der Waals surface area contributed by atoms with Crippen LogP contribution in [0, 0.1) is 6.92 Å². The Morgan fingerprint density at radius 3 is 2.70 bits per heavy atom. The summed E-state index contributed by atoms with van der Waals surface area (Å²) in [5.41, 5.74) is 2.52. The summed E-state index contributed by atoms with van der Waals surface area (Å²) < 4.78 is 1.78. The summed E-state index contributed by atoms with van der Waals surface area (Å²) >= 11 is 0. The lowest BCUT2D eigenvalue weighted by atomic mass is 10.0. The molecule has 1 fully saturated rings. The first-order valence-corrected chi connectivity index (χ1v) is 9.29. The molecule has 144 valence electrons. The van der Waals surface area contributed by atoms with Gasteiger partial charge in [0.25, 0.3) is 0 Å². The number of carbonyl (C=O) groups is 2. The Labute approximate surface area is 159 Å².